The minimum atomic E-state index is -1.81. The molecule has 0 spiro atoms. The molecular formula is C46H52N5O8P. The second-order valence-electron chi connectivity index (χ2n) is 14.9. The van der Waals surface area contributed by atoms with Gasteiger partial charge in [0.2, 0.25) is 0 Å². The molecule has 4 aromatic carbocycles. The van der Waals surface area contributed by atoms with Gasteiger partial charge in [-0.05, 0) is 86.8 Å². The summed E-state index contributed by atoms with van der Waals surface area (Å²) in [6, 6.07) is 37.1. The summed E-state index contributed by atoms with van der Waals surface area (Å²) in [6.45, 7) is 8.31. The standard InChI is InChI=1S/C46H52N5O8P/c1-31(2)51(32(3)4)60(57-29-13-27-47)59-39-30-41(50-28-26-40(49-45(50)54)48-44(53)33-14-9-7-10-15-33)58-42(39)43(52)46(34-16-11-8-12-17-34,35-18-22-37(55-5)23-19-35)36-20-24-38(56-6)25-21-36/h7-12,14-26,28,31-32,39,41-43,52H,13,29-30H2,1-6H3,(H,48,49,53,54)/t39-,41+,42-,43?,60?/m0/s1. The molecule has 1 saturated heterocycles. The maximum atomic E-state index is 13.8. The summed E-state index contributed by atoms with van der Waals surface area (Å²) in [5.41, 5.74) is 0.728. The number of carbonyl (C=O) groups is 1. The van der Waals surface area contributed by atoms with E-state index in [0.717, 1.165) is 16.7 Å². The molecule has 314 valence electrons. The van der Waals surface area contributed by atoms with Crippen LogP contribution in [0.4, 0.5) is 5.82 Å². The van der Waals surface area contributed by atoms with Gasteiger partial charge in [0.05, 0.1) is 44.8 Å². The summed E-state index contributed by atoms with van der Waals surface area (Å²) in [5, 5.41) is 25.5. The molecule has 14 heteroatoms. The van der Waals surface area contributed by atoms with E-state index in [4.69, 9.17) is 23.3 Å². The summed E-state index contributed by atoms with van der Waals surface area (Å²) in [7, 11) is 1.38. The fourth-order valence-electron chi connectivity index (χ4n) is 7.77. The van der Waals surface area contributed by atoms with Crippen LogP contribution in [-0.2, 0) is 19.2 Å². The van der Waals surface area contributed by atoms with Crippen LogP contribution in [-0.4, -0.2) is 76.5 Å². The molecule has 1 aromatic heterocycles. The number of hydrogen-bond donors (Lipinski definition) is 2. The Balaban J connectivity index is 1.48. The van der Waals surface area contributed by atoms with E-state index in [2.05, 4.69) is 21.0 Å². The lowest BCUT2D eigenvalue weighted by molar-refractivity contribution is -0.0952. The predicted octanol–water partition coefficient (Wildman–Crippen LogP) is 7.86. The third kappa shape index (κ3) is 9.61. The molecule has 6 rings (SSSR count). The normalized spacial score (nSPS) is 17.6. The number of ether oxygens (including phenoxy) is 3. The average Bonchev–Trinajstić information content (AvgIpc) is 3.68. The van der Waals surface area contributed by atoms with E-state index >= 15 is 0 Å². The zero-order chi connectivity index (χ0) is 42.8. The molecule has 0 radical (unpaired) electrons. The Morgan fingerprint density at radius 2 is 1.45 bits per heavy atom. The summed E-state index contributed by atoms with van der Waals surface area (Å²) in [6.07, 6.45) is -2.42. The van der Waals surface area contributed by atoms with Gasteiger partial charge in [-0.3, -0.25) is 9.36 Å². The van der Waals surface area contributed by atoms with Crippen molar-refractivity contribution in [1.82, 2.24) is 14.2 Å². The highest BCUT2D eigenvalue weighted by atomic mass is 31.2. The van der Waals surface area contributed by atoms with Gasteiger partial charge in [-0.15, -0.1) is 0 Å². The predicted molar refractivity (Wildman–Crippen MR) is 230 cm³/mol. The quantitative estimate of drug-likeness (QED) is 0.0503. The highest BCUT2D eigenvalue weighted by Crippen LogP contribution is 2.53. The number of methoxy groups -OCH3 is 2. The first-order valence-corrected chi connectivity index (χ1v) is 21.0. The lowest BCUT2D eigenvalue weighted by Gasteiger charge is -2.44. The van der Waals surface area contributed by atoms with Gasteiger partial charge in [-0.2, -0.15) is 10.2 Å². The van der Waals surface area contributed by atoms with Gasteiger partial charge in [-0.1, -0.05) is 72.8 Å². The molecule has 1 aliphatic heterocycles. The topological polar surface area (TPSA) is 157 Å². The van der Waals surface area contributed by atoms with Crippen LogP contribution in [0.3, 0.4) is 0 Å². The number of rotatable bonds is 18. The Morgan fingerprint density at radius 3 is 1.97 bits per heavy atom. The summed E-state index contributed by atoms with van der Waals surface area (Å²) < 4.78 is 34.8. The van der Waals surface area contributed by atoms with E-state index in [0.29, 0.717) is 17.1 Å². The smallest absolute Gasteiger partial charge is 0.351 e. The molecule has 2 N–H and O–H groups in total. The van der Waals surface area contributed by atoms with Crippen LogP contribution < -0.4 is 20.5 Å². The van der Waals surface area contributed by atoms with Gasteiger partial charge >= 0.3 is 5.69 Å². The highest BCUT2D eigenvalue weighted by Gasteiger charge is 2.54. The van der Waals surface area contributed by atoms with Crippen molar-refractivity contribution in [3.05, 3.63) is 154 Å². The average molecular weight is 834 g/mol. The number of benzene rings is 4. The van der Waals surface area contributed by atoms with Crippen LogP contribution in [0.5, 0.6) is 11.5 Å². The number of amides is 1. The molecule has 0 bridgehead atoms. The molecule has 2 heterocycles. The first kappa shape index (κ1) is 44.1. The number of carbonyl (C=O) groups excluding carboxylic acids is 1. The van der Waals surface area contributed by atoms with Crippen LogP contribution in [0.1, 0.15) is 73.8 Å². The second kappa shape index (κ2) is 20.2. The van der Waals surface area contributed by atoms with Crippen LogP contribution in [0.2, 0.25) is 0 Å². The monoisotopic (exact) mass is 833 g/mol. The number of anilines is 1. The van der Waals surface area contributed by atoms with Crippen molar-refractivity contribution in [2.75, 3.05) is 26.1 Å². The van der Waals surface area contributed by atoms with Gasteiger partial charge in [0.15, 0.2) is 0 Å². The van der Waals surface area contributed by atoms with E-state index in [1.165, 1.54) is 16.8 Å². The van der Waals surface area contributed by atoms with Gasteiger partial charge in [0, 0.05) is 30.3 Å². The molecule has 1 amide bonds. The minimum Gasteiger partial charge on any atom is -0.497 e. The van der Waals surface area contributed by atoms with E-state index in [1.54, 1.807) is 38.5 Å². The summed E-state index contributed by atoms with van der Waals surface area (Å²) in [5.74, 6) is 0.948. The third-order valence-electron chi connectivity index (χ3n) is 10.5. The van der Waals surface area contributed by atoms with Crippen molar-refractivity contribution >= 4 is 20.3 Å². The number of nitrogens with zero attached hydrogens (tertiary/aromatic N) is 4. The molecule has 0 saturated carbocycles. The molecule has 1 aliphatic rings. The fraction of sp³-hybridized carbons (Fsp3) is 0.348. The summed E-state index contributed by atoms with van der Waals surface area (Å²) in [4.78, 5) is 30.9. The number of aliphatic hydroxyl groups excluding tert-OH is 1. The minimum absolute atomic E-state index is 0.00726. The van der Waals surface area contributed by atoms with Gasteiger partial charge < -0.3 is 33.7 Å². The molecule has 5 atom stereocenters. The maximum Gasteiger partial charge on any atom is 0.351 e. The summed E-state index contributed by atoms with van der Waals surface area (Å²) >= 11 is 0. The van der Waals surface area contributed by atoms with E-state index in [1.807, 2.05) is 113 Å². The zero-order valence-electron chi connectivity index (χ0n) is 34.7. The zero-order valence-corrected chi connectivity index (χ0v) is 35.6. The Kier molecular flexibility index (Phi) is 14.9. The van der Waals surface area contributed by atoms with Crippen molar-refractivity contribution in [2.45, 2.75) is 82.6 Å². The van der Waals surface area contributed by atoms with Crippen molar-refractivity contribution < 1.29 is 33.2 Å². The molecule has 13 nitrogen and oxygen atoms in total. The van der Waals surface area contributed by atoms with Crippen molar-refractivity contribution in [2.24, 2.45) is 0 Å². The van der Waals surface area contributed by atoms with E-state index < -0.39 is 50.1 Å². The van der Waals surface area contributed by atoms with Crippen LogP contribution in [0, 0.1) is 11.3 Å². The van der Waals surface area contributed by atoms with Crippen molar-refractivity contribution in [3.8, 4) is 17.6 Å². The molecule has 1 fully saturated rings. The van der Waals surface area contributed by atoms with Crippen LogP contribution in [0.25, 0.3) is 0 Å². The fourth-order valence-corrected chi connectivity index (χ4v) is 9.52. The van der Waals surface area contributed by atoms with Crippen molar-refractivity contribution in [1.29, 1.82) is 5.26 Å². The van der Waals surface area contributed by atoms with Gasteiger partial charge in [-0.25, -0.2) is 9.46 Å². The Hall–Kier alpha value is -5.45. The largest absolute Gasteiger partial charge is 0.497 e. The lowest BCUT2D eigenvalue weighted by Crippen LogP contribution is -2.52. The molecule has 2 unspecified atom stereocenters. The van der Waals surface area contributed by atoms with Gasteiger partial charge in [0.1, 0.15) is 35.8 Å². The first-order valence-electron chi connectivity index (χ1n) is 19.9. The molecular weight excluding hydrogens is 782 g/mol. The lowest BCUT2D eigenvalue weighted by atomic mass is 9.64. The first-order chi connectivity index (χ1) is 29.0. The third-order valence-corrected chi connectivity index (χ3v) is 12.7. The Morgan fingerprint density at radius 1 is 0.900 bits per heavy atom. The van der Waals surface area contributed by atoms with Gasteiger partial charge in [0.25, 0.3) is 14.4 Å². The van der Waals surface area contributed by atoms with E-state index in [9.17, 15) is 20.0 Å². The molecule has 0 aliphatic carbocycles. The number of aromatic nitrogens is 2. The highest BCUT2D eigenvalue weighted by molar-refractivity contribution is 7.44. The number of aliphatic hydroxyl groups is 1. The Labute approximate surface area is 352 Å². The van der Waals surface area contributed by atoms with Crippen LogP contribution in [0.15, 0.2) is 126 Å². The maximum absolute atomic E-state index is 13.8. The number of hydrogen-bond acceptors (Lipinski definition) is 11. The molecule has 5 aromatic rings. The van der Waals surface area contributed by atoms with Crippen LogP contribution >= 0.6 is 8.53 Å². The molecule has 60 heavy (non-hydrogen) atoms. The van der Waals surface area contributed by atoms with Crippen molar-refractivity contribution in [3.63, 3.8) is 0 Å². The number of nitriles is 1. The Bertz CT molecular complexity index is 2200. The second-order valence-corrected chi connectivity index (χ2v) is 16.3. The SMILES string of the molecule is COc1ccc(C(c2ccccc2)(c2ccc(OC)cc2)C(O)[C@H]2O[C@@H](n3ccc(NC(=O)c4ccccc4)nc3=O)C[C@@H]2OP(OCCC#N)N(C(C)C)C(C)C)cc1. The number of nitrogens with one attached hydrogen (secondary N) is 1. The van der Waals surface area contributed by atoms with E-state index in [-0.39, 0.29) is 37.4 Å².